The fourth-order valence-corrected chi connectivity index (χ4v) is 4.22. The summed E-state index contributed by atoms with van der Waals surface area (Å²) in [5.74, 6) is 0. The SMILES string of the molecule is O=S(=O)(NCCNc1nnc(-c2ccccc2Cl)s1)c1ccccc1. The van der Waals surface area contributed by atoms with Gasteiger partial charge in [-0.15, -0.1) is 10.2 Å². The zero-order chi connectivity index (χ0) is 17.7. The number of benzene rings is 2. The number of hydrogen-bond donors (Lipinski definition) is 2. The molecule has 0 radical (unpaired) electrons. The molecule has 0 aliphatic rings. The van der Waals surface area contributed by atoms with Gasteiger partial charge in [0.05, 0.1) is 9.92 Å². The largest absolute Gasteiger partial charge is 0.359 e. The number of nitrogens with zero attached hydrogens (tertiary/aromatic N) is 2. The summed E-state index contributed by atoms with van der Waals surface area (Å²) in [5, 5.41) is 13.1. The van der Waals surface area contributed by atoms with E-state index in [1.807, 2.05) is 18.2 Å². The minimum absolute atomic E-state index is 0.234. The third-order valence-corrected chi connectivity index (χ3v) is 6.00. The van der Waals surface area contributed by atoms with Gasteiger partial charge in [0.25, 0.3) is 0 Å². The second-order valence-corrected chi connectivity index (χ2v) is 8.18. The zero-order valence-electron chi connectivity index (χ0n) is 13.0. The molecule has 0 saturated heterocycles. The highest BCUT2D eigenvalue weighted by Gasteiger charge is 2.13. The zero-order valence-corrected chi connectivity index (χ0v) is 15.4. The molecule has 25 heavy (non-hydrogen) atoms. The van der Waals surface area contributed by atoms with E-state index >= 15 is 0 Å². The molecule has 0 aliphatic heterocycles. The minimum atomic E-state index is -3.50. The molecule has 0 atom stereocenters. The number of halogens is 1. The van der Waals surface area contributed by atoms with Crippen LogP contribution in [0.1, 0.15) is 0 Å². The summed E-state index contributed by atoms with van der Waals surface area (Å²) in [7, 11) is -3.50. The van der Waals surface area contributed by atoms with Gasteiger partial charge >= 0.3 is 0 Å². The Morgan fingerprint density at radius 2 is 1.68 bits per heavy atom. The molecule has 0 bridgehead atoms. The molecule has 0 fully saturated rings. The predicted molar refractivity (Wildman–Crippen MR) is 100 cm³/mol. The first-order valence-corrected chi connectivity index (χ1v) is 10.1. The Labute approximate surface area is 154 Å². The Bertz CT molecular complexity index is 946. The maximum absolute atomic E-state index is 12.1. The van der Waals surface area contributed by atoms with Crippen LogP contribution in [0, 0.1) is 0 Å². The van der Waals surface area contributed by atoms with Crippen LogP contribution in [0.2, 0.25) is 5.02 Å². The van der Waals surface area contributed by atoms with E-state index in [0.717, 1.165) is 5.56 Å². The second-order valence-electron chi connectivity index (χ2n) is 5.03. The van der Waals surface area contributed by atoms with Gasteiger partial charge in [0.1, 0.15) is 0 Å². The van der Waals surface area contributed by atoms with Crippen molar-refractivity contribution in [3.63, 3.8) is 0 Å². The number of sulfonamides is 1. The lowest BCUT2D eigenvalue weighted by molar-refractivity contribution is 0.583. The summed E-state index contributed by atoms with van der Waals surface area (Å²) in [6.07, 6.45) is 0. The molecule has 0 aliphatic carbocycles. The summed E-state index contributed by atoms with van der Waals surface area (Å²) in [5.41, 5.74) is 0.819. The van der Waals surface area contributed by atoms with Gasteiger partial charge in [0, 0.05) is 18.7 Å². The van der Waals surface area contributed by atoms with Gasteiger partial charge < -0.3 is 5.32 Å². The van der Waals surface area contributed by atoms with Gasteiger partial charge in [0.15, 0.2) is 5.01 Å². The van der Waals surface area contributed by atoms with Crippen molar-refractivity contribution in [1.82, 2.24) is 14.9 Å². The summed E-state index contributed by atoms with van der Waals surface area (Å²) in [6.45, 7) is 0.626. The Morgan fingerprint density at radius 1 is 0.960 bits per heavy atom. The molecule has 2 aromatic carbocycles. The highest BCUT2D eigenvalue weighted by molar-refractivity contribution is 7.89. The second kappa shape index (κ2) is 7.92. The maximum Gasteiger partial charge on any atom is 0.240 e. The van der Waals surface area contributed by atoms with Crippen LogP contribution in [0.25, 0.3) is 10.6 Å². The summed E-state index contributed by atoms with van der Waals surface area (Å²) < 4.78 is 26.7. The topological polar surface area (TPSA) is 84.0 Å². The molecule has 0 spiro atoms. The molecule has 130 valence electrons. The van der Waals surface area contributed by atoms with Gasteiger partial charge in [-0.1, -0.05) is 59.3 Å². The average Bonchev–Trinajstić information content (AvgIpc) is 3.09. The lowest BCUT2D eigenvalue weighted by atomic mass is 10.2. The van der Waals surface area contributed by atoms with Crippen molar-refractivity contribution in [2.45, 2.75) is 4.90 Å². The summed E-state index contributed by atoms with van der Waals surface area (Å²) >= 11 is 7.50. The van der Waals surface area contributed by atoms with Crippen LogP contribution in [0.4, 0.5) is 5.13 Å². The Balaban J connectivity index is 1.54. The lowest BCUT2D eigenvalue weighted by Gasteiger charge is -2.06. The first kappa shape index (κ1) is 17.8. The third kappa shape index (κ3) is 4.55. The first-order chi connectivity index (χ1) is 12.1. The van der Waals surface area contributed by atoms with Gasteiger partial charge in [-0.05, 0) is 18.2 Å². The van der Waals surface area contributed by atoms with E-state index in [2.05, 4.69) is 20.2 Å². The first-order valence-electron chi connectivity index (χ1n) is 7.43. The number of rotatable bonds is 7. The van der Waals surface area contributed by atoms with E-state index in [0.29, 0.717) is 21.7 Å². The van der Waals surface area contributed by atoms with Crippen LogP contribution in [0.15, 0.2) is 59.5 Å². The summed E-state index contributed by atoms with van der Waals surface area (Å²) in [4.78, 5) is 0.243. The van der Waals surface area contributed by atoms with Crippen molar-refractivity contribution in [1.29, 1.82) is 0 Å². The average molecular weight is 395 g/mol. The number of nitrogens with one attached hydrogen (secondary N) is 2. The van der Waals surface area contributed by atoms with Crippen LogP contribution >= 0.6 is 22.9 Å². The van der Waals surface area contributed by atoms with E-state index in [9.17, 15) is 8.42 Å². The fourth-order valence-electron chi connectivity index (χ4n) is 2.08. The van der Waals surface area contributed by atoms with Crippen LogP contribution in [0.3, 0.4) is 0 Å². The molecule has 3 rings (SSSR count). The van der Waals surface area contributed by atoms with Crippen molar-refractivity contribution in [3.8, 4) is 10.6 Å². The van der Waals surface area contributed by atoms with Crippen LogP contribution in [-0.2, 0) is 10.0 Å². The smallest absolute Gasteiger partial charge is 0.240 e. The number of hydrogen-bond acceptors (Lipinski definition) is 6. The van der Waals surface area contributed by atoms with E-state index < -0.39 is 10.0 Å². The molecule has 3 aromatic rings. The van der Waals surface area contributed by atoms with Gasteiger partial charge in [-0.3, -0.25) is 0 Å². The van der Waals surface area contributed by atoms with Gasteiger partial charge in [-0.25, -0.2) is 13.1 Å². The molecule has 1 heterocycles. The fraction of sp³-hybridized carbons (Fsp3) is 0.125. The molecule has 9 heteroatoms. The van der Waals surface area contributed by atoms with Crippen LogP contribution in [0.5, 0.6) is 0 Å². The van der Waals surface area contributed by atoms with Crippen LogP contribution in [-0.4, -0.2) is 31.7 Å². The standard InChI is InChI=1S/C16H15ClN4O2S2/c17-14-9-5-4-8-13(14)15-20-21-16(24-15)18-10-11-19-25(22,23)12-6-2-1-3-7-12/h1-9,19H,10-11H2,(H,18,21). The molecule has 1 aromatic heterocycles. The van der Waals surface area contributed by atoms with Gasteiger partial charge in [0.2, 0.25) is 15.2 Å². The van der Waals surface area contributed by atoms with E-state index in [-0.39, 0.29) is 11.4 Å². The number of anilines is 1. The Kier molecular flexibility index (Phi) is 5.64. The molecular weight excluding hydrogens is 380 g/mol. The van der Waals surface area contributed by atoms with Gasteiger partial charge in [-0.2, -0.15) is 0 Å². The molecule has 2 N–H and O–H groups in total. The monoisotopic (exact) mass is 394 g/mol. The molecule has 0 amide bonds. The maximum atomic E-state index is 12.1. The highest BCUT2D eigenvalue weighted by Crippen LogP contribution is 2.31. The normalized spacial score (nSPS) is 11.4. The van der Waals surface area contributed by atoms with E-state index in [4.69, 9.17) is 11.6 Å². The Morgan fingerprint density at radius 3 is 2.44 bits per heavy atom. The number of aromatic nitrogens is 2. The summed E-state index contributed by atoms with van der Waals surface area (Å²) in [6, 6.07) is 15.7. The van der Waals surface area contributed by atoms with Crippen LogP contribution < -0.4 is 10.0 Å². The van der Waals surface area contributed by atoms with Crippen molar-refractivity contribution in [2.24, 2.45) is 0 Å². The lowest BCUT2D eigenvalue weighted by Crippen LogP contribution is -2.28. The molecular formula is C16H15ClN4O2S2. The van der Waals surface area contributed by atoms with Crippen molar-refractivity contribution in [3.05, 3.63) is 59.6 Å². The quantitative estimate of drug-likeness (QED) is 0.601. The van der Waals surface area contributed by atoms with E-state index in [1.165, 1.54) is 11.3 Å². The van der Waals surface area contributed by atoms with E-state index in [1.54, 1.807) is 36.4 Å². The molecule has 6 nitrogen and oxygen atoms in total. The Hall–Kier alpha value is -2.00. The predicted octanol–water partition coefficient (Wildman–Crippen LogP) is 3.25. The van der Waals surface area contributed by atoms with Crippen molar-refractivity contribution >= 4 is 38.1 Å². The van der Waals surface area contributed by atoms with Crippen molar-refractivity contribution in [2.75, 3.05) is 18.4 Å². The third-order valence-electron chi connectivity index (χ3n) is 3.28. The minimum Gasteiger partial charge on any atom is -0.359 e. The van der Waals surface area contributed by atoms with Crippen molar-refractivity contribution < 1.29 is 8.42 Å². The highest BCUT2D eigenvalue weighted by atomic mass is 35.5. The molecule has 0 unspecified atom stereocenters. The molecule has 0 saturated carbocycles.